The minimum atomic E-state index is -0.882. The van der Waals surface area contributed by atoms with Crippen LogP contribution in [0.5, 0.6) is 5.75 Å². The Kier molecular flexibility index (Phi) is 8.57. The summed E-state index contributed by atoms with van der Waals surface area (Å²) in [5, 5.41) is 3.89. The fraction of sp³-hybridized carbons (Fsp3) is 0.444. The van der Waals surface area contributed by atoms with Crippen LogP contribution in [0.4, 0.5) is 0 Å². The molecule has 0 radical (unpaired) electrons. The Morgan fingerprint density at radius 2 is 1.69 bits per heavy atom. The van der Waals surface area contributed by atoms with Crippen molar-refractivity contribution in [2.75, 3.05) is 7.11 Å². The molecule has 194 valence electrons. The molecule has 0 bridgehead atoms. The number of nitrogens with one attached hydrogen (secondary N) is 1. The number of carbonyl (C=O) groups excluding carboxylic acids is 3. The largest absolute Gasteiger partial charge is 0.489 e. The molecule has 2 aromatic rings. The number of carbonyl (C=O) groups is 3. The van der Waals surface area contributed by atoms with Gasteiger partial charge in [-0.25, -0.2) is 4.79 Å². The maximum absolute atomic E-state index is 13.2. The highest BCUT2D eigenvalue weighted by Crippen LogP contribution is 2.55. The van der Waals surface area contributed by atoms with Gasteiger partial charge in [-0.05, 0) is 48.1 Å². The summed E-state index contributed by atoms with van der Waals surface area (Å²) in [6.07, 6.45) is 1.25. The number of esters is 1. The number of ether oxygens (including phenoxy) is 2. The molecular weight excluding hydrogens is 503 g/mol. The second-order valence-corrected chi connectivity index (χ2v) is 10.7. The second kappa shape index (κ2) is 11.1. The molecule has 2 unspecified atom stereocenters. The number of nitrogens with two attached hydrogens (primary N) is 1. The van der Waals surface area contributed by atoms with Crippen LogP contribution in [0, 0.1) is 16.7 Å². The molecule has 2 amide bonds. The Balaban J connectivity index is 1.67. The first-order chi connectivity index (χ1) is 16.9. The number of rotatable bonds is 9. The molecule has 1 aliphatic rings. The third-order valence-electron chi connectivity index (χ3n) is 7.70. The third-order valence-corrected chi connectivity index (χ3v) is 8.41. The summed E-state index contributed by atoms with van der Waals surface area (Å²) >= 11 is 12.4. The standard InChI is InChI=1S/C27H32Cl2N2O5/c1-26(2)19(12-13-27(26,3)25(30)34)23(32)31-22(24(33)35-4)14-16-8-10-17(11-9-16)36-15-18-20(28)6-5-7-21(18)29/h5-11,19,22H,12-15H2,1-4H3,(H2,30,34)(H,31,32)/t19?,22-,27?/m0/s1. The van der Waals surface area contributed by atoms with Crippen LogP contribution in [0.25, 0.3) is 0 Å². The Hall–Kier alpha value is -2.77. The van der Waals surface area contributed by atoms with Gasteiger partial charge in [-0.2, -0.15) is 0 Å². The van der Waals surface area contributed by atoms with Crippen molar-refractivity contribution in [2.45, 2.75) is 52.7 Å². The molecule has 1 saturated carbocycles. The Morgan fingerprint density at radius 1 is 1.08 bits per heavy atom. The summed E-state index contributed by atoms with van der Waals surface area (Å²) in [5.74, 6) is -1.13. The highest BCUT2D eigenvalue weighted by atomic mass is 35.5. The van der Waals surface area contributed by atoms with Crippen LogP contribution in [0.1, 0.15) is 44.7 Å². The van der Waals surface area contributed by atoms with Gasteiger partial charge in [-0.15, -0.1) is 0 Å². The number of halogens is 2. The number of primary amides is 1. The molecule has 36 heavy (non-hydrogen) atoms. The van der Waals surface area contributed by atoms with E-state index in [-0.39, 0.29) is 18.9 Å². The smallest absolute Gasteiger partial charge is 0.328 e. The third kappa shape index (κ3) is 5.62. The zero-order chi connectivity index (χ0) is 26.7. The molecule has 0 aromatic heterocycles. The fourth-order valence-electron chi connectivity index (χ4n) is 4.79. The summed E-state index contributed by atoms with van der Waals surface area (Å²) in [4.78, 5) is 37.8. The fourth-order valence-corrected chi connectivity index (χ4v) is 5.30. The van der Waals surface area contributed by atoms with Crippen LogP contribution in [0.3, 0.4) is 0 Å². The maximum Gasteiger partial charge on any atom is 0.328 e. The van der Waals surface area contributed by atoms with Gasteiger partial charge in [0.25, 0.3) is 0 Å². The lowest BCUT2D eigenvalue weighted by Crippen LogP contribution is -2.51. The summed E-state index contributed by atoms with van der Waals surface area (Å²) in [5.41, 5.74) is 5.69. The van der Waals surface area contributed by atoms with E-state index in [9.17, 15) is 14.4 Å². The molecule has 9 heteroatoms. The molecule has 2 aromatic carbocycles. The molecule has 0 aliphatic heterocycles. The van der Waals surface area contributed by atoms with E-state index in [2.05, 4.69) is 5.32 Å². The van der Waals surface area contributed by atoms with Crippen LogP contribution < -0.4 is 15.8 Å². The van der Waals surface area contributed by atoms with E-state index in [4.69, 9.17) is 38.4 Å². The predicted octanol–water partition coefficient (Wildman–Crippen LogP) is 4.70. The minimum absolute atomic E-state index is 0.208. The van der Waals surface area contributed by atoms with E-state index < -0.39 is 34.7 Å². The van der Waals surface area contributed by atoms with E-state index in [0.29, 0.717) is 34.2 Å². The molecule has 3 N–H and O–H groups in total. The van der Waals surface area contributed by atoms with E-state index in [1.54, 1.807) is 37.3 Å². The number of methoxy groups -OCH3 is 1. The molecule has 0 heterocycles. The average Bonchev–Trinajstić information content (AvgIpc) is 3.08. The highest BCUT2D eigenvalue weighted by molar-refractivity contribution is 6.35. The molecule has 1 aliphatic carbocycles. The zero-order valence-corrected chi connectivity index (χ0v) is 22.4. The van der Waals surface area contributed by atoms with Crippen LogP contribution in [-0.2, 0) is 32.1 Å². The molecule has 0 saturated heterocycles. The van der Waals surface area contributed by atoms with E-state index in [0.717, 1.165) is 5.56 Å². The van der Waals surface area contributed by atoms with Gasteiger partial charge < -0.3 is 20.5 Å². The first kappa shape index (κ1) is 27.8. The topological polar surface area (TPSA) is 108 Å². The van der Waals surface area contributed by atoms with Gasteiger partial charge in [0.05, 0.1) is 12.5 Å². The van der Waals surface area contributed by atoms with Gasteiger partial charge >= 0.3 is 5.97 Å². The Labute approximate surface area is 221 Å². The summed E-state index contributed by atoms with van der Waals surface area (Å²) in [7, 11) is 1.28. The van der Waals surface area contributed by atoms with Gasteiger partial charge in [-0.1, -0.05) is 62.2 Å². The minimum Gasteiger partial charge on any atom is -0.489 e. The van der Waals surface area contributed by atoms with Crippen LogP contribution >= 0.6 is 23.2 Å². The quantitative estimate of drug-likeness (QED) is 0.453. The predicted molar refractivity (Wildman–Crippen MR) is 139 cm³/mol. The number of hydrogen-bond acceptors (Lipinski definition) is 5. The van der Waals surface area contributed by atoms with Gasteiger partial charge in [0, 0.05) is 27.9 Å². The number of hydrogen-bond donors (Lipinski definition) is 2. The van der Waals surface area contributed by atoms with Gasteiger partial charge in [0.2, 0.25) is 11.8 Å². The van der Waals surface area contributed by atoms with Crippen LogP contribution in [0.2, 0.25) is 10.0 Å². The normalized spacial score (nSPS) is 21.4. The highest BCUT2D eigenvalue weighted by Gasteiger charge is 2.57. The summed E-state index contributed by atoms with van der Waals surface area (Å²) in [6.45, 7) is 5.75. The monoisotopic (exact) mass is 534 g/mol. The zero-order valence-electron chi connectivity index (χ0n) is 20.9. The van der Waals surface area contributed by atoms with Crippen molar-refractivity contribution in [3.05, 3.63) is 63.6 Å². The van der Waals surface area contributed by atoms with E-state index in [1.165, 1.54) is 7.11 Å². The van der Waals surface area contributed by atoms with Crippen molar-refractivity contribution >= 4 is 41.0 Å². The molecule has 1 fully saturated rings. The lowest BCUT2D eigenvalue weighted by molar-refractivity contribution is -0.147. The van der Waals surface area contributed by atoms with Crippen molar-refractivity contribution in [2.24, 2.45) is 22.5 Å². The van der Waals surface area contributed by atoms with Gasteiger partial charge in [-0.3, -0.25) is 9.59 Å². The maximum atomic E-state index is 13.2. The Morgan fingerprint density at radius 3 is 2.22 bits per heavy atom. The molecule has 3 atom stereocenters. The lowest BCUT2D eigenvalue weighted by Gasteiger charge is -2.39. The Bertz CT molecular complexity index is 1120. The molecule has 3 rings (SSSR count). The van der Waals surface area contributed by atoms with Crippen molar-refractivity contribution in [3.63, 3.8) is 0 Å². The molecule has 0 spiro atoms. The van der Waals surface area contributed by atoms with Crippen molar-refractivity contribution in [3.8, 4) is 5.75 Å². The lowest BCUT2D eigenvalue weighted by atomic mass is 9.65. The van der Waals surface area contributed by atoms with Gasteiger partial charge in [0.15, 0.2) is 0 Å². The van der Waals surface area contributed by atoms with E-state index >= 15 is 0 Å². The van der Waals surface area contributed by atoms with Crippen molar-refractivity contribution in [1.82, 2.24) is 5.32 Å². The summed E-state index contributed by atoms with van der Waals surface area (Å²) in [6, 6.07) is 11.6. The van der Waals surface area contributed by atoms with Crippen molar-refractivity contribution < 1.29 is 23.9 Å². The first-order valence-corrected chi connectivity index (χ1v) is 12.5. The second-order valence-electron chi connectivity index (χ2n) is 9.93. The van der Waals surface area contributed by atoms with Gasteiger partial charge in [0.1, 0.15) is 18.4 Å². The first-order valence-electron chi connectivity index (χ1n) is 11.7. The summed E-state index contributed by atoms with van der Waals surface area (Å²) < 4.78 is 10.7. The van der Waals surface area contributed by atoms with Crippen molar-refractivity contribution in [1.29, 1.82) is 0 Å². The average molecular weight is 535 g/mol. The SMILES string of the molecule is COC(=O)[C@H](Cc1ccc(OCc2c(Cl)cccc2Cl)cc1)NC(=O)C1CCC(C)(C(N)=O)C1(C)C. The number of benzene rings is 2. The molecular formula is C27H32Cl2N2O5. The number of amides is 2. The van der Waals surface area contributed by atoms with E-state index in [1.807, 2.05) is 26.0 Å². The van der Waals surface area contributed by atoms with Crippen LogP contribution in [-0.4, -0.2) is 30.9 Å². The molecule has 7 nitrogen and oxygen atoms in total. The van der Waals surface area contributed by atoms with Crippen LogP contribution in [0.15, 0.2) is 42.5 Å².